The predicted octanol–water partition coefficient (Wildman–Crippen LogP) is 10.5. The average molecular weight is 589 g/mol. The molecule has 4 heteroatoms. The molecule has 2 atom stereocenters. The number of hydrogen-bond donors (Lipinski definition) is 2. The lowest BCUT2D eigenvalue weighted by Gasteiger charge is -2.31. The van der Waals surface area contributed by atoms with E-state index in [0.717, 1.165) is 60.8 Å². The second-order valence-electron chi connectivity index (χ2n) is 15.4. The Balaban J connectivity index is 1.95. The van der Waals surface area contributed by atoms with Crippen molar-refractivity contribution in [2.45, 2.75) is 162 Å². The van der Waals surface area contributed by atoms with Gasteiger partial charge in [-0.1, -0.05) is 113 Å². The number of rotatable bonds is 11. The summed E-state index contributed by atoms with van der Waals surface area (Å²) in [6.07, 6.45) is 15.1. The van der Waals surface area contributed by atoms with Gasteiger partial charge in [-0.25, -0.2) is 0 Å². The Morgan fingerprint density at radius 2 is 1.19 bits per heavy atom. The van der Waals surface area contributed by atoms with E-state index in [1.165, 1.54) is 36.8 Å². The zero-order valence-electron chi connectivity index (χ0n) is 29.0. The maximum atomic E-state index is 11.3. The van der Waals surface area contributed by atoms with E-state index in [-0.39, 0.29) is 28.3 Å². The molecule has 2 N–H and O–H groups in total. The smallest absolute Gasteiger partial charge is 0.128 e. The molecule has 0 aromatic heterocycles. The Hall–Kier alpha value is -2.62. The van der Waals surface area contributed by atoms with Crippen LogP contribution in [0.1, 0.15) is 160 Å². The first-order valence-electron chi connectivity index (χ1n) is 16.9. The van der Waals surface area contributed by atoms with E-state index in [1.54, 1.807) is 0 Å². The largest absolute Gasteiger partial charge is 0.507 e. The molecule has 0 spiro atoms. The molecule has 0 amide bonds. The lowest BCUT2D eigenvalue weighted by Crippen LogP contribution is -2.27. The summed E-state index contributed by atoms with van der Waals surface area (Å²) < 4.78 is 0. The Bertz CT molecular complexity index is 1270. The van der Waals surface area contributed by atoms with Crippen molar-refractivity contribution >= 4 is 12.4 Å². The molecule has 0 radical (unpaired) electrons. The van der Waals surface area contributed by atoms with Gasteiger partial charge in [0.05, 0.1) is 12.1 Å². The SMILES string of the molecule is CCCCC(C)(CCCC)c1cc(C)c(O)c(C=NC2CCCCC2N=Cc2cc(C(C)(C)C)cc(C(C)(C)C)c2O)c1. The van der Waals surface area contributed by atoms with Gasteiger partial charge in [0.15, 0.2) is 0 Å². The fourth-order valence-electron chi connectivity index (χ4n) is 6.35. The van der Waals surface area contributed by atoms with Gasteiger partial charge in [-0.15, -0.1) is 0 Å². The second kappa shape index (κ2) is 14.4. The van der Waals surface area contributed by atoms with E-state index in [1.807, 2.05) is 19.4 Å². The van der Waals surface area contributed by atoms with Crippen LogP contribution in [0.2, 0.25) is 0 Å². The van der Waals surface area contributed by atoms with Crippen LogP contribution in [-0.2, 0) is 16.2 Å². The summed E-state index contributed by atoms with van der Waals surface area (Å²) >= 11 is 0. The van der Waals surface area contributed by atoms with Crippen molar-refractivity contribution in [3.05, 3.63) is 57.6 Å². The quantitative estimate of drug-likeness (QED) is 0.256. The summed E-state index contributed by atoms with van der Waals surface area (Å²) in [5.41, 5.74) is 5.86. The molecule has 1 fully saturated rings. The van der Waals surface area contributed by atoms with E-state index in [0.29, 0.717) is 11.5 Å². The van der Waals surface area contributed by atoms with Crippen LogP contribution in [0.3, 0.4) is 0 Å². The number of phenols is 2. The number of aromatic hydroxyl groups is 2. The first kappa shape index (κ1) is 34.9. The van der Waals surface area contributed by atoms with Crippen LogP contribution in [0.15, 0.2) is 34.3 Å². The molecule has 0 aliphatic heterocycles. The predicted molar refractivity (Wildman–Crippen MR) is 186 cm³/mol. The molecular weight excluding hydrogens is 528 g/mol. The highest BCUT2D eigenvalue weighted by Gasteiger charge is 2.28. The molecule has 2 aromatic carbocycles. The van der Waals surface area contributed by atoms with Gasteiger partial charge in [0, 0.05) is 29.1 Å². The van der Waals surface area contributed by atoms with Gasteiger partial charge in [0.25, 0.3) is 0 Å². The summed E-state index contributed by atoms with van der Waals surface area (Å²) in [6.45, 7) is 22.0. The Kier molecular flexibility index (Phi) is 11.7. The number of hydrogen-bond acceptors (Lipinski definition) is 4. The van der Waals surface area contributed by atoms with Gasteiger partial charge in [0.1, 0.15) is 11.5 Å². The summed E-state index contributed by atoms with van der Waals surface area (Å²) in [7, 11) is 0. The van der Waals surface area contributed by atoms with Gasteiger partial charge in [-0.3, -0.25) is 9.98 Å². The summed E-state index contributed by atoms with van der Waals surface area (Å²) in [5, 5.41) is 22.3. The molecule has 0 heterocycles. The zero-order valence-corrected chi connectivity index (χ0v) is 29.0. The van der Waals surface area contributed by atoms with Crippen LogP contribution in [0.4, 0.5) is 0 Å². The van der Waals surface area contributed by atoms with Crippen LogP contribution in [0.5, 0.6) is 11.5 Å². The van der Waals surface area contributed by atoms with Gasteiger partial charge in [-0.2, -0.15) is 0 Å². The highest BCUT2D eigenvalue weighted by atomic mass is 16.3. The summed E-state index contributed by atoms with van der Waals surface area (Å²) in [5.74, 6) is 0.654. The van der Waals surface area contributed by atoms with E-state index in [4.69, 9.17) is 9.98 Å². The van der Waals surface area contributed by atoms with E-state index < -0.39 is 0 Å². The molecule has 2 unspecified atom stereocenters. The fraction of sp³-hybridized carbons (Fsp3) is 0.641. The highest BCUT2D eigenvalue weighted by molar-refractivity contribution is 5.86. The lowest BCUT2D eigenvalue weighted by molar-refractivity contribution is 0.373. The molecule has 1 saturated carbocycles. The van der Waals surface area contributed by atoms with Crippen LogP contribution >= 0.6 is 0 Å². The molecule has 0 saturated heterocycles. The Morgan fingerprint density at radius 1 is 0.698 bits per heavy atom. The molecule has 4 nitrogen and oxygen atoms in total. The molecule has 43 heavy (non-hydrogen) atoms. The van der Waals surface area contributed by atoms with Crippen LogP contribution in [0.25, 0.3) is 0 Å². The standard InChI is InChI=1S/C39H60N2O2/c1-11-13-19-39(10,20-14-12-2)31-21-27(3)35(42)28(23-31)25-40-33-17-15-16-18-34(33)41-26-29-22-30(37(4,5)6)24-32(36(29)43)38(7,8)9/h21-26,33-34,42-43H,11-20H2,1-10H3. The second-order valence-corrected chi connectivity index (χ2v) is 15.4. The van der Waals surface area contributed by atoms with Gasteiger partial charge < -0.3 is 10.2 Å². The number of unbranched alkanes of at least 4 members (excludes halogenated alkanes) is 2. The average Bonchev–Trinajstić information content (AvgIpc) is 2.94. The maximum absolute atomic E-state index is 11.3. The van der Waals surface area contributed by atoms with E-state index in [2.05, 4.69) is 86.6 Å². The zero-order chi connectivity index (χ0) is 32.0. The molecule has 238 valence electrons. The molecule has 3 rings (SSSR count). The number of aliphatic imine (C=N–C) groups is 2. The van der Waals surface area contributed by atoms with E-state index in [9.17, 15) is 10.2 Å². The lowest BCUT2D eigenvalue weighted by atomic mass is 9.73. The van der Waals surface area contributed by atoms with Gasteiger partial charge >= 0.3 is 0 Å². The number of nitrogens with zero attached hydrogens (tertiary/aromatic N) is 2. The maximum Gasteiger partial charge on any atom is 0.128 e. The van der Waals surface area contributed by atoms with Crippen LogP contribution < -0.4 is 0 Å². The van der Waals surface area contributed by atoms with Crippen molar-refractivity contribution in [2.24, 2.45) is 9.98 Å². The van der Waals surface area contributed by atoms with Crippen LogP contribution in [-0.4, -0.2) is 34.7 Å². The monoisotopic (exact) mass is 588 g/mol. The molecule has 1 aliphatic rings. The van der Waals surface area contributed by atoms with Crippen LogP contribution in [0, 0.1) is 6.92 Å². The van der Waals surface area contributed by atoms with E-state index >= 15 is 0 Å². The van der Waals surface area contributed by atoms with Gasteiger partial charge in [0.2, 0.25) is 0 Å². The Labute approximate surface area is 263 Å². The van der Waals surface area contributed by atoms with Gasteiger partial charge in [-0.05, 0) is 77.7 Å². The number of phenolic OH excluding ortho intramolecular Hbond substituents is 2. The third kappa shape index (κ3) is 8.96. The first-order chi connectivity index (χ1) is 20.1. The van der Waals surface area contributed by atoms with Crippen molar-refractivity contribution in [1.82, 2.24) is 0 Å². The minimum atomic E-state index is -0.177. The minimum Gasteiger partial charge on any atom is -0.507 e. The summed E-state index contributed by atoms with van der Waals surface area (Å²) in [6, 6.07) is 8.72. The molecule has 2 aromatic rings. The third-order valence-corrected chi connectivity index (χ3v) is 9.51. The van der Waals surface area contributed by atoms with Crippen molar-refractivity contribution < 1.29 is 10.2 Å². The molecule has 0 bridgehead atoms. The first-order valence-corrected chi connectivity index (χ1v) is 16.9. The normalized spacial score (nSPS) is 18.7. The Morgan fingerprint density at radius 3 is 1.65 bits per heavy atom. The molecule has 1 aliphatic carbocycles. The number of aryl methyl sites for hydroxylation is 1. The van der Waals surface area contributed by atoms with Crippen molar-refractivity contribution in [1.29, 1.82) is 0 Å². The fourth-order valence-corrected chi connectivity index (χ4v) is 6.35. The third-order valence-electron chi connectivity index (χ3n) is 9.51. The van der Waals surface area contributed by atoms with Crippen molar-refractivity contribution in [3.63, 3.8) is 0 Å². The van der Waals surface area contributed by atoms with Crippen molar-refractivity contribution in [3.8, 4) is 11.5 Å². The highest BCUT2D eigenvalue weighted by Crippen LogP contribution is 2.39. The number of benzene rings is 2. The molecular formula is C39H60N2O2. The topological polar surface area (TPSA) is 65.2 Å². The minimum absolute atomic E-state index is 0.0359. The summed E-state index contributed by atoms with van der Waals surface area (Å²) in [4.78, 5) is 10.1. The van der Waals surface area contributed by atoms with Crippen molar-refractivity contribution in [2.75, 3.05) is 0 Å².